The van der Waals surface area contributed by atoms with E-state index in [1.54, 1.807) is 12.1 Å². The van der Waals surface area contributed by atoms with Gasteiger partial charge in [-0.15, -0.1) is 0 Å². The van der Waals surface area contributed by atoms with E-state index in [9.17, 15) is 14.4 Å². The molecule has 6 nitrogen and oxygen atoms in total. The number of carbonyl (C=O) groups is 1. The molecule has 2 aliphatic rings. The summed E-state index contributed by atoms with van der Waals surface area (Å²) in [5, 5.41) is 10.5. The third-order valence-corrected chi connectivity index (χ3v) is 6.72. The summed E-state index contributed by atoms with van der Waals surface area (Å²) in [6.07, 6.45) is 6.02. The summed E-state index contributed by atoms with van der Waals surface area (Å²) in [6.45, 7) is 7.86. The highest BCUT2D eigenvalue weighted by Crippen LogP contribution is 2.34. The summed E-state index contributed by atoms with van der Waals surface area (Å²) in [5.41, 5.74) is 2.40. The number of halogens is 1. The van der Waals surface area contributed by atoms with Gasteiger partial charge in [0.1, 0.15) is 11.4 Å². The normalized spacial score (nSPS) is 18.0. The van der Waals surface area contributed by atoms with Crippen LogP contribution in [0.1, 0.15) is 57.2 Å². The van der Waals surface area contributed by atoms with Crippen molar-refractivity contribution in [2.24, 2.45) is 11.8 Å². The zero-order valence-corrected chi connectivity index (χ0v) is 19.6. The molecular weight excluding hydrogens is 411 g/mol. The van der Waals surface area contributed by atoms with E-state index in [2.05, 4.69) is 14.8 Å². The molecule has 4 rings (SSSR count). The number of aryl methyl sites for hydroxylation is 1. The number of benzene rings is 1. The second kappa shape index (κ2) is 10.6. The molecule has 1 saturated heterocycles. The zero-order valence-electron chi connectivity index (χ0n) is 19.6. The van der Waals surface area contributed by atoms with Crippen molar-refractivity contribution < 1.29 is 24.1 Å². The van der Waals surface area contributed by atoms with Crippen molar-refractivity contribution in [1.29, 1.82) is 0 Å². The van der Waals surface area contributed by atoms with Crippen molar-refractivity contribution >= 4 is 16.9 Å². The molecule has 2 fully saturated rings. The molecule has 0 amide bonds. The molecule has 32 heavy (non-hydrogen) atoms. The molecular formula is C25H35FN2O4. The lowest BCUT2D eigenvalue weighted by Gasteiger charge is -2.37. The maximum Gasteiger partial charge on any atom is 0.311 e. The molecule has 0 atom stereocenters. The van der Waals surface area contributed by atoms with Gasteiger partial charge < -0.3 is 9.84 Å². The zero-order chi connectivity index (χ0) is 23.3. The van der Waals surface area contributed by atoms with E-state index in [1.165, 1.54) is 26.4 Å². The van der Waals surface area contributed by atoms with Crippen LogP contribution >= 0.6 is 0 Å². The van der Waals surface area contributed by atoms with Gasteiger partial charge in [-0.25, -0.2) is 0 Å². The number of pyridine rings is 1. The van der Waals surface area contributed by atoms with Crippen molar-refractivity contribution in [3.8, 4) is 5.75 Å². The number of likely N-dealkylation sites (tertiary alicyclic amines) is 1. The van der Waals surface area contributed by atoms with Gasteiger partial charge in [0.2, 0.25) is 0 Å². The summed E-state index contributed by atoms with van der Waals surface area (Å²) >= 11 is 0. The van der Waals surface area contributed by atoms with E-state index < -0.39 is 5.60 Å². The Bertz CT molecular complexity index is 922. The first-order valence-electron chi connectivity index (χ1n) is 11.4. The lowest BCUT2D eigenvalue weighted by Crippen LogP contribution is -2.50. The van der Waals surface area contributed by atoms with Crippen molar-refractivity contribution in [3.05, 3.63) is 35.5 Å². The summed E-state index contributed by atoms with van der Waals surface area (Å²) in [4.78, 5) is 22.1. The number of rotatable bonds is 5. The first-order chi connectivity index (χ1) is 15.2. The van der Waals surface area contributed by atoms with Gasteiger partial charge in [-0.05, 0) is 73.9 Å². The van der Waals surface area contributed by atoms with E-state index in [-0.39, 0.29) is 17.6 Å². The van der Waals surface area contributed by atoms with Crippen LogP contribution in [0, 0.1) is 18.8 Å². The van der Waals surface area contributed by atoms with Crippen molar-refractivity contribution in [2.45, 2.75) is 65.0 Å². The summed E-state index contributed by atoms with van der Waals surface area (Å²) in [6, 6.07) is 7.25. The number of fused-ring (bicyclic) bond motifs is 1. The van der Waals surface area contributed by atoms with Crippen molar-refractivity contribution in [3.63, 3.8) is 0 Å². The molecule has 1 aromatic carbocycles. The van der Waals surface area contributed by atoms with Crippen LogP contribution in [-0.2, 0) is 21.0 Å². The van der Waals surface area contributed by atoms with Crippen molar-refractivity contribution in [1.82, 2.24) is 9.88 Å². The van der Waals surface area contributed by atoms with Gasteiger partial charge in [-0.1, -0.05) is 19.3 Å². The number of phenols is 1. The number of nitrogens with zero attached hydrogens (tertiary/aromatic N) is 2. The minimum absolute atomic E-state index is 0.00602. The van der Waals surface area contributed by atoms with E-state index in [0.29, 0.717) is 5.92 Å². The van der Waals surface area contributed by atoms with Crippen LogP contribution < -0.4 is 0 Å². The standard InChI is InChI=1S/C16H18N2O3.C9H17FO/c1-10-5-12(9-18-7-11(8-18)16(20)21-2)17-15-4-3-13(19)6-14(10)15;1-9(2,11-10)8-6-4-3-5-7-8/h3-6,11,19H,7-9H2,1-2H3;8H,3-7H2,1-2H3. The molecule has 1 aliphatic heterocycles. The molecule has 2 heterocycles. The lowest BCUT2D eigenvalue weighted by atomic mass is 9.79. The number of aromatic nitrogens is 1. The third kappa shape index (κ3) is 5.95. The van der Waals surface area contributed by atoms with Crippen LogP contribution in [0.4, 0.5) is 4.53 Å². The Balaban J connectivity index is 0.000000222. The molecule has 0 unspecified atom stereocenters. The average Bonchev–Trinajstić information content (AvgIpc) is 2.77. The first kappa shape index (κ1) is 24.4. The average molecular weight is 447 g/mol. The van der Waals surface area contributed by atoms with Crippen LogP contribution in [0.2, 0.25) is 0 Å². The molecule has 1 saturated carbocycles. The Morgan fingerprint density at radius 3 is 2.53 bits per heavy atom. The number of methoxy groups -OCH3 is 1. The number of carbonyl (C=O) groups excluding carboxylic acids is 1. The van der Waals surface area contributed by atoms with Crippen LogP contribution in [0.5, 0.6) is 5.75 Å². The minimum atomic E-state index is -0.555. The third-order valence-electron chi connectivity index (χ3n) is 6.72. The van der Waals surface area contributed by atoms with E-state index >= 15 is 0 Å². The highest BCUT2D eigenvalue weighted by molar-refractivity contribution is 5.83. The number of hydrogen-bond acceptors (Lipinski definition) is 6. The predicted molar refractivity (Wildman–Crippen MR) is 122 cm³/mol. The Hall–Kier alpha value is -2.25. The predicted octanol–water partition coefficient (Wildman–Crippen LogP) is 5.10. The van der Waals surface area contributed by atoms with E-state index in [4.69, 9.17) is 4.74 Å². The number of ether oxygens (including phenoxy) is 1. The van der Waals surface area contributed by atoms with Gasteiger partial charge in [0.25, 0.3) is 0 Å². The fourth-order valence-electron chi connectivity index (χ4n) is 4.64. The van der Waals surface area contributed by atoms with Crippen LogP contribution in [-0.4, -0.2) is 46.8 Å². The smallest absolute Gasteiger partial charge is 0.311 e. The van der Waals surface area contributed by atoms with Gasteiger partial charge in [0.15, 0.2) is 0 Å². The van der Waals surface area contributed by atoms with Gasteiger partial charge in [0, 0.05) is 25.0 Å². The van der Waals surface area contributed by atoms with E-state index in [0.717, 1.165) is 54.6 Å². The number of phenolic OH excluding ortho intramolecular Hbond substituents is 1. The molecule has 7 heteroatoms. The maximum atomic E-state index is 12.1. The minimum Gasteiger partial charge on any atom is -0.508 e. The van der Waals surface area contributed by atoms with Crippen LogP contribution in [0.3, 0.4) is 0 Å². The quantitative estimate of drug-likeness (QED) is 0.645. The summed E-state index contributed by atoms with van der Waals surface area (Å²) < 4.78 is 16.8. The van der Waals surface area contributed by atoms with Crippen LogP contribution in [0.25, 0.3) is 10.9 Å². The second-order valence-corrected chi connectivity index (χ2v) is 9.56. The highest BCUT2D eigenvalue weighted by atomic mass is 19.3. The van der Waals surface area contributed by atoms with Gasteiger partial charge in [0.05, 0.1) is 24.2 Å². The Morgan fingerprint density at radius 1 is 1.22 bits per heavy atom. The Kier molecular flexibility index (Phi) is 8.06. The molecule has 176 valence electrons. The molecule has 0 bridgehead atoms. The van der Waals surface area contributed by atoms with Gasteiger partial charge >= 0.3 is 5.97 Å². The van der Waals surface area contributed by atoms with Crippen molar-refractivity contribution in [2.75, 3.05) is 20.2 Å². The lowest BCUT2D eigenvalue weighted by molar-refractivity contribution is -0.245. The molecule has 0 radical (unpaired) electrons. The topological polar surface area (TPSA) is 71.9 Å². The van der Waals surface area contributed by atoms with E-state index in [1.807, 2.05) is 32.9 Å². The fourth-order valence-corrected chi connectivity index (χ4v) is 4.64. The fraction of sp³-hybridized carbons (Fsp3) is 0.600. The molecule has 0 spiro atoms. The van der Waals surface area contributed by atoms with Gasteiger partial charge in [-0.2, -0.15) is 4.94 Å². The molecule has 1 aliphatic carbocycles. The summed E-state index contributed by atoms with van der Waals surface area (Å²) in [5.74, 6) is 0.530. The van der Waals surface area contributed by atoms with Crippen LogP contribution in [0.15, 0.2) is 24.3 Å². The second-order valence-electron chi connectivity index (χ2n) is 9.56. The summed E-state index contributed by atoms with van der Waals surface area (Å²) in [7, 11) is 1.43. The number of esters is 1. The number of aromatic hydroxyl groups is 1. The first-order valence-corrected chi connectivity index (χ1v) is 11.4. The SMILES string of the molecule is CC(C)(OF)C1CCCCC1.COC(=O)C1CN(Cc2cc(C)c3cc(O)ccc3n2)C1. The number of hydrogen-bond donors (Lipinski definition) is 1. The molecule has 1 aromatic heterocycles. The maximum absolute atomic E-state index is 12.1. The monoisotopic (exact) mass is 446 g/mol. The highest BCUT2D eigenvalue weighted by Gasteiger charge is 2.33. The molecule has 2 aromatic rings. The Morgan fingerprint density at radius 2 is 1.91 bits per heavy atom. The Labute approximate surface area is 189 Å². The largest absolute Gasteiger partial charge is 0.508 e. The molecule has 1 N–H and O–H groups in total. The van der Waals surface area contributed by atoms with Gasteiger partial charge in [-0.3, -0.25) is 14.7 Å².